The van der Waals surface area contributed by atoms with Gasteiger partial charge >= 0.3 is 5.97 Å². The van der Waals surface area contributed by atoms with Gasteiger partial charge in [-0.3, -0.25) is 4.79 Å². The molecule has 0 amide bonds. The summed E-state index contributed by atoms with van der Waals surface area (Å²) >= 11 is 15.6. The molecule has 22 heavy (non-hydrogen) atoms. The van der Waals surface area contributed by atoms with Gasteiger partial charge in [0, 0.05) is 17.0 Å². The summed E-state index contributed by atoms with van der Waals surface area (Å²) in [5.74, 6) is -1.23. The molecule has 1 aromatic rings. The summed E-state index contributed by atoms with van der Waals surface area (Å²) in [5.41, 5.74) is 0.692. The van der Waals surface area contributed by atoms with Crippen LogP contribution in [0, 0.1) is 0 Å². The smallest absolute Gasteiger partial charge is 0.305 e. The van der Waals surface area contributed by atoms with Gasteiger partial charge < -0.3 is 14.2 Å². The molecule has 0 spiro atoms. The van der Waals surface area contributed by atoms with Gasteiger partial charge in [0.25, 0.3) is 0 Å². The minimum atomic E-state index is -0.997. The molecular formula is C15H17BrCl2O4. The van der Waals surface area contributed by atoms with Crippen molar-refractivity contribution in [1.29, 1.82) is 0 Å². The largest absolute Gasteiger partial charge is 0.463 e. The van der Waals surface area contributed by atoms with Crippen molar-refractivity contribution in [2.24, 2.45) is 0 Å². The van der Waals surface area contributed by atoms with Crippen molar-refractivity contribution in [2.45, 2.75) is 31.7 Å². The maximum absolute atomic E-state index is 11.4. The number of rotatable bonds is 6. The second kappa shape index (κ2) is 7.97. The Morgan fingerprint density at radius 3 is 2.91 bits per heavy atom. The van der Waals surface area contributed by atoms with Gasteiger partial charge in [0.1, 0.15) is 12.7 Å². The van der Waals surface area contributed by atoms with Crippen molar-refractivity contribution >= 4 is 45.1 Å². The molecule has 0 N–H and O–H groups in total. The normalized spacial score (nSPS) is 24.5. The summed E-state index contributed by atoms with van der Waals surface area (Å²) in [5, 5.41) is 1.41. The van der Waals surface area contributed by atoms with Crippen molar-refractivity contribution in [3.05, 3.63) is 33.8 Å². The third-order valence-corrected chi connectivity index (χ3v) is 4.55. The summed E-state index contributed by atoms with van der Waals surface area (Å²) in [6.45, 7) is 2.41. The van der Waals surface area contributed by atoms with E-state index in [0.717, 1.165) is 6.42 Å². The van der Waals surface area contributed by atoms with Gasteiger partial charge in [0.15, 0.2) is 0 Å². The number of carbonyl (C=O) groups excluding carboxylic acids is 1. The molecule has 7 heteroatoms. The Morgan fingerprint density at radius 1 is 1.50 bits per heavy atom. The third-order valence-electron chi connectivity index (χ3n) is 3.26. The fraction of sp³-hybridized carbons (Fsp3) is 0.533. The topological polar surface area (TPSA) is 44.8 Å². The summed E-state index contributed by atoms with van der Waals surface area (Å²) in [6, 6.07) is 5.15. The molecule has 0 radical (unpaired) electrons. The molecule has 122 valence electrons. The van der Waals surface area contributed by atoms with E-state index in [1.807, 2.05) is 6.92 Å². The highest BCUT2D eigenvalue weighted by atomic mass is 79.9. The Bertz CT molecular complexity index is 540. The molecule has 2 atom stereocenters. The first-order valence-electron chi connectivity index (χ1n) is 6.99. The van der Waals surface area contributed by atoms with Crippen LogP contribution in [0.25, 0.3) is 0 Å². The molecule has 2 rings (SSSR count). The van der Waals surface area contributed by atoms with Crippen molar-refractivity contribution in [3.63, 3.8) is 0 Å². The molecule has 1 aliphatic rings. The van der Waals surface area contributed by atoms with Crippen molar-refractivity contribution < 1.29 is 19.0 Å². The minimum Gasteiger partial charge on any atom is -0.463 e. The lowest BCUT2D eigenvalue weighted by Crippen LogP contribution is -2.31. The molecule has 0 saturated carbocycles. The molecule has 1 fully saturated rings. The predicted molar refractivity (Wildman–Crippen MR) is 88.6 cm³/mol. The molecule has 2 unspecified atom stereocenters. The van der Waals surface area contributed by atoms with Gasteiger partial charge in [-0.15, -0.1) is 0 Å². The van der Waals surface area contributed by atoms with Crippen LogP contribution in [0.2, 0.25) is 10.0 Å². The summed E-state index contributed by atoms with van der Waals surface area (Å²) < 4.78 is 16.9. The van der Waals surface area contributed by atoms with E-state index in [-0.39, 0.29) is 18.7 Å². The van der Waals surface area contributed by atoms with E-state index in [4.69, 9.17) is 37.4 Å². The monoisotopic (exact) mass is 410 g/mol. The van der Waals surface area contributed by atoms with E-state index >= 15 is 0 Å². The highest BCUT2D eigenvalue weighted by molar-refractivity contribution is 9.09. The SMILES string of the molecule is CCCC(=O)OCC1COC(CBr)(c2ccc(Cl)cc2Cl)O1. The zero-order valence-corrected chi connectivity index (χ0v) is 15.2. The molecule has 1 heterocycles. The van der Waals surface area contributed by atoms with Crippen LogP contribution in [0.15, 0.2) is 18.2 Å². The van der Waals surface area contributed by atoms with Gasteiger partial charge in [0.2, 0.25) is 5.79 Å². The molecule has 0 bridgehead atoms. The Hall–Kier alpha value is -0.330. The number of hydrogen-bond acceptors (Lipinski definition) is 4. The first-order valence-corrected chi connectivity index (χ1v) is 8.87. The van der Waals surface area contributed by atoms with Gasteiger partial charge in [-0.1, -0.05) is 52.1 Å². The highest BCUT2D eigenvalue weighted by Gasteiger charge is 2.44. The first kappa shape index (κ1) is 18.0. The fourth-order valence-corrected chi connectivity index (χ4v) is 3.34. The maximum atomic E-state index is 11.4. The van der Waals surface area contributed by atoms with Crippen LogP contribution in [-0.4, -0.2) is 30.6 Å². The van der Waals surface area contributed by atoms with E-state index in [2.05, 4.69) is 15.9 Å². The van der Waals surface area contributed by atoms with Gasteiger partial charge in [-0.25, -0.2) is 0 Å². The standard InChI is InChI=1S/C15H17BrCl2O4/c1-2-3-14(19)20-7-11-8-21-15(9-16,22-11)12-5-4-10(17)6-13(12)18/h4-6,11H,2-3,7-9H2,1H3. The van der Waals surface area contributed by atoms with E-state index in [1.165, 1.54) is 0 Å². The Balaban J connectivity index is 2.05. The van der Waals surface area contributed by atoms with Crippen molar-refractivity contribution in [3.8, 4) is 0 Å². The lowest BCUT2D eigenvalue weighted by Gasteiger charge is -2.27. The lowest BCUT2D eigenvalue weighted by atomic mass is 10.1. The van der Waals surface area contributed by atoms with Crippen LogP contribution in [0.5, 0.6) is 0 Å². The van der Waals surface area contributed by atoms with E-state index < -0.39 is 5.79 Å². The fourth-order valence-electron chi connectivity index (χ4n) is 2.19. The Kier molecular flexibility index (Phi) is 6.53. The summed E-state index contributed by atoms with van der Waals surface area (Å²) in [7, 11) is 0. The quantitative estimate of drug-likeness (QED) is 0.517. The van der Waals surface area contributed by atoms with Gasteiger partial charge in [-0.2, -0.15) is 0 Å². The maximum Gasteiger partial charge on any atom is 0.305 e. The van der Waals surface area contributed by atoms with Crippen LogP contribution in [-0.2, 0) is 24.8 Å². The number of alkyl halides is 1. The second-order valence-electron chi connectivity index (χ2n) is 4.99. The van der Waals surface area contributed by atoms with Crippen molar-refractivity contribution in [2.75, 3.05) is 18.5 Å². The van der Waals surface area contributed by atoms with Crippen molar-refractivity contribution in [1.82, 2.24) is 0 Å². The second-order valence-corrected chi connectivity index (χ2v) is 6.40. The number of hydrogen-bond donors (Lipinski definition) is 0. The zero-order chi connectivity index (χ0) is 16.2. The average Bonchev–Trinajstić information content (AvgIpc) is 2.90. The molecule has 1 aromatic carbocycles. The van der Waals surface area contributed by atoms with Crippen LogP contribution in [0.4, 0.5) is 0 Å². The Morgan fingerprint density at radius 2 is 2.27 bits per heavy atom. The number of halogens is 3. The van der Waals surface area contributed by atoms with Gasteiger partial charge in [-0.05, 0) is 18.6 Å². The Labute approximate surface area is 148 Å². The van der Waals surface area contributed by atoms with Crippen LogP contribution >= 0.6 is 39.1 Å². The minimum absolute atomic E-state index is 0.165. The molecule has 1 aliphatic heterocycles. The number of carbonyl (C=O) groups is 1. The predicted octanol–water partition coefficient (Wildman–Crippen LogP) is 4.30. The number of benzene rings is 1. The number of esters is 1. The summed E-state index contributed by atoms with van der Waals surface area (Å²) in [6.07, 6.45) is 0.831. The van der Waals surface area contributed by atoms with E-state index in [9.17, 15) is 4.79 Å². The highest BCUT2D eigenvalue weighted by Crippen LogP contribution is 2.40. The molecule has 0 aliphatic carbocycles. The van der Waals surface area contributed by atoms with E-state index in [0.29, 0.717) is 34.0 Å². The lowest BCUT2D eigenvalue weighted by molar-refractivity contribution is -0.168. The van der Waals surface area contributed by atoms with Gasteiger partial charge in [0.05, 0.1) is 17.0 Å². The van der Waals surface area contributed by atoms with E-state index in [1.54, 1.807) is 18.2 Å². The first-order chi connectivity index (χ1) is 10.5. The molecule has 4 nitrogen and oxygen atoms in total. The number of ether oxygens (including phenoxy) is 3. The molecule has 1 saturated heterocycles. The third kappa shape index (κ3) is 4.15. The molecular weight excluding hydrogens is 395 g/mol. The van der Waals surface area contributed by atoms with Crippen LogP contribution in [0.1, 0.15) is 25.3 Å². The molecule has 0 aromatic heterocycles. The van der Waals surface area contributed by atoms with Crippen LogP contribution < -0.4 is 0 Å². The van der Waals surface area contributed by atoms with Crippen LogP contribution in [0.3, 0.4) is 0 Å². The average molecular weight is 412 g/mol. The zero-order valence-electron chi connectivity index (χ0n) is 12.1. The summed E-state index contributed by atoms with van der Waals surface area (Å²) in [4.78, 5) is 11.4.